The second kappa shape index (κ2) is 10.8. The molecule has 1 aliphatic rings. The predicted molar refractivity (Wildman–Crippen MR) is 202 cm³/mol. The van der Waals surface area contributed by atoms with Gasteiger partial charge in [0.25, 0.3) is 0 Å². The zero-order chi connectivity index (χ0) is 58.5. The van der Waals surface area contributed by atoms with Crippen LogP contribution in [0.15, 0.2) is 187 Å². The van der Waals surface area contributed by atoms with E-state index in [9.17, 15) is 17.8 Å². The van der Waals surface area contributed by atoms with Gasteiger partial charge in [-0.3, -0.25) is 0 Å². The minimum absolute atomic E-state index is 0.658. The average Bonchev–Trinajstić information content (AvgIpc) is 3.76. The first kappa shape index (κ1) is 11.1. The third-order valence-corrected chi connectivity index (χ3v) is 8.20. The molecule has 0 saturated heterocycles. The average molecular weight is 656 g/mol. The summed E-state index contributed by atoms with van der Waals surface area (Å²) in [7, 11) is 0. The zero-order valence-electron chi connectivity index (χ0n) is 54.4. The molecule has 230 valence electrons. The van der Waals surface area contributed by atoms with E-state index in [1.165, 1.54) is 0 Å². The van der Waals surface area contributed by atoms with Crippen LogP contribution in [0.2, 0.25) is 0 Å². The maximum Gasteiger partial charge on any atom is 0.132 e. The Bertz CT molecular complexity index is 4330. The van der Waals surface area contributed by atoms with Crippen LogP contribution in [-0.4, -0.2) is 4.57 Å². The third-order valence-electron chi connectivity index (χ3n) is 8.20. The quantitative estimate of drug-likeness (QED) is 0.184. The fourth-order valence-corrected chi connectivity index (χ4v) is 6.28. The number of rotatable bonds is 4. The Morgan fingerprint density at radius 3 is 2.10 bits per heavy atom. The molecule has 0 bridgehead atoms. The van der Waals surface area contributed by atoms with Gasteiger partial charge in [0.05, 0.1) is 57.6 Å². The van der Waals surface area contributed by atoms with Crippen molar-refractivity contribution in [1.82, 2.24) is 4.57 Å². The van der Waals surface area contributed by atoms with Gasteiger partial charge in [-0.15, -0.1) is 0 Å². The Morgan fingerprint density at radius 1 is 0.510 bits per heavy atom. The molecule has 0 radical (unpaired) electrons. The van der Waals surface area contributed by atoms with E-state index in [1.54, 1.807) is 0 Å². The second-order valence-corrected chi connectivity index (χ2v) is 10.6. The van der Waals surface area contributed by atoms with Crippen molar-refractivity contribution in [2.45, 2.75) is 5.41 Å². The molecule has 2 nitrogen and oxygen atoms in total. The molecule has 2 heteroatoms. The van der Waals surface area contributed by atoms with Crippen LogP contribution < -0.4 is 4.74 Å². The minimum Gasteiger partial charge on any atom is -0.457 e. The van der Waals surface area contributed by atoms with Crippen LogP contribution >= 0.6 is 0 Å². The van der Waals surface area contributed by atoms with E-state index in [0.717, 1.165) is 0 Å². The number of hydrogen-bond donors (Lipinski definition) is 0. The standard InChI is InChI=1S/C47H31NO/c1-4-16-34(17-5-1)47(35-18-6-2-7-19-35)40-24-12-13-26-43(40)49-44-30-28-33(31-41(44)47)37-23-14-25-42-45(37)39-29-27-32-15-10-11-22-38(32)46(39)48(42)36-20-8-3-9-21-36/h1-31H/i1D,2D,3D,4D,5D,6D,7D,8D,9D,10D,11D,12D,13D,14D,15D,16D,17D,18D,20D,21D,22D,23D,24D,25D,26D,27D,28D,29D,30D,31D. The number of hydrogen-bond acceptors (Lipinski definition) is 1. The van der Waals surface area contributed by atoms with E-state index < -0.39 is 270 Å². The van der Waals surface area contributed by atoms with Gasteiger partial charge in [0.15, 0.2) is 0 Å². The van der Waals surface area contributed by atoms with Crippen molar-refractivity contribution in [3.8, 4) is 28.3 Å². The van der Waals surface area contributed by atoms with Crippen molar-refractivity contribution in [2.24, 2.45) is 0 Å². The highest BCUT2D eigenvalue weighted by molar-refractivity contribution is 6.22. The molecule has 2 heterocycles. The highest BCUT2D eigenvalue weighted by Crippen LogP contribution is 2.56. The molecule has 0 amide bonds. The summed E-state index contributed by atoms with van der Waals surface area (Å²) in [5.74, 6) is -2.01. The Kier molecular flexibility index (Phi) is 2.45. The Morgan fingerprint density at radius 2 is 1.22 bits per heavy atom. The van der Waals surface area contributed by atoms with Gasteiger partial charge in [-0.1, -0.05) is 151 Å². The van der Waals surface area contributed by atoms with Gasteiger partial charge in [-0.2, -0.15) is 0 Å². The summed E-state index contributed by atoms with van der Waals surface area (Å²) in [6, 6.07) is -30.8. The third kappa shape index (κ3) is 4.01. The van der Waals surface area contributed by atoms with Crippen LogP contribution in [0.3, 0.4) is 0 Å². The van der Waals surface area contributed by atoms with Crippen LogP contribution in [0.4, 0.5) is 0 Å². The number of ether oxygens (including phenoxy) is 1. The van der Waals surface area contributed by atoms with Crippen molar-refractivity contribution in [1.29, 1.82) is 0 Å². The van der Waals surface area contributed by atoms with E-state index in [-0.39, 0.29) is 0 Å². The first-order valence-corrected chi connectivity index (χ1v) is 14.4. The monoisotopic (exact) mass is 655 g/mol. The SMILES string of the molecule is [2H]c1cc(C2(c3c([2H])c([2H])c([2H])c([2H])c3[2H])c3c([2H])c([2H])c([2H])c([2H])c3Oc3c([2H])c([2H])c(-c4c([2H])c([2H])c([2H])c5c4c4c([2H])c([2H])c6c([2H])c([2H])c([2H])c([2H])c6c4n5-c4c([2H])c([2H])c([2H])c([2H])c4[2H])c([2H])c32)c([2H])c([2H])c1[2H]. The normalized spacial score (nSPS) is 23.8. The maximum atomic E-state index is 10.5. The summed E-state index contributed by atoms with van der Waals surface area (Å²) in [4.78, 5) is 0. The van der Waals surface area contributed by atoms with Crippen LogP contribution in [0, 0.1) is 0 Å². The fraction of sp³-hybridized carbons (Fsp3) is 0.0213. The van der Waals surface area contributed by atoms with Gasteiger partial charge < -0.3 is 9.30 Å². The molecule has 8 aromatic carbocycles. The van der Waals surface area contributed by atoms with Crippen molar-refractivity contribution in [3.63, 3.8) is 0 Å². The first-order chi connectivity index (χ1) is 36.8. The van der Waals surface area contributed by atoms with Gasteiger partial charge in [-0.05, 0) is 63.9 Å². The fourth-order valence-electron chi connectivity index (χ4n) is 6.28. The molecule has 0 N–H and O–H groups in total. The summed E-state index contributed by atoms with van der Waals surface area (Å²) in [5, 5.41) is -2.79. The van der Waals surface area contributed by atoms with Crippen LogP contribution in [0.5, 0.6) is 11.5 Å². The van der Waals surface area contributed by atoms with E-state index in [2.05, 4.69) is 0 Å². The van der Waals surface area contributed by atoms with Gasteiger partial charge in [0.1, 0.15) is 11.5 Å². The molecule has 1 unspecified atom stereocenters. The molecule has 9 aromatic rings. The number of benzene rings is 8. The molecular weight excluding hydrogens is 595 g/mol. The minimum atomic E-state index is -3.28. The smallest absolute Gasteiger partial charge is 0.132 e. The lowest BCUT2D eigenvalue weighted by Crippen LogP contribution is -2.34. The second-order valence-electron chi connectivity index (χ2n) is 10.6. The molecule has 0 spiro atoms. The number of nitrogens with zero attached hydrogens (tertiary/aromatic N) is 1. The molecule has 1 aliphatic heterocycles. The number of aromatic nitrogens is 1. The Hall–Kier alpha value is -6.38. The van der Waals surface area contributed by atoms with Crippen LogP contribution in [0.1, 0.15) is 63.4 Å². The van der Waals surface area contributed by atoms with Crippen molar-refractivity contribution in [3.05, 3.63) is 210 Å². The van der Waals surface area contributed by atoms with E-state index in [0.29, 0.717) is 10.6 Å². The van der Waals surface area contributed by atoms with Crippen molar-refractivity contribution in [2.75, 3.05) is 0 Å². The van der Waals surface area contributed by atoms with Gasteiger partial charge in [0.2, 0.25) is 0 Å². The Balaban J connectivity index is 1.58. The summed E-state index contributed by atoms with van der Waals surface area (Å²) in [6.45, 7) is 0. The molecule has 0 saturated carbocycles. The largest absolute Gasteiger partial charge is 0.457 e. The van der Waals surface area contributed by atoms with Gasteiger partial charge in [0, 0.05) is 33.0 Å². The molecule has 0 fully saturated rings. The summed E-state index contributed by atoms with van der Waals surface area (Å²) < 4.78 is 281. The molecular formula is C47H31NO. The first-order valence-electron chi connectivity index (χ1n) is 29.4. The summed E-state index contributed by atoms with van der Waals surface area (Å²) in [6.07, 6.45) is 0. The lowest BCUT2D eigenvalue weighted by atomic mass is 9.63. The summed E-state index contributed by atoms with van der Waals surface area (Å²) in [5.41, 5.74) is -11.5. The molecule has 10 rings (SSSR count). The lowest BCUT2D eigenvalue weighted by Gasteiger charge is -2.41. The van der Waals surface area contributed by atoms with Crippen molar-refractivity contribution < 1.29 is 45.9 Å². The van der Waals surface area contributed by atoms with Gasteiger partial charge in [-0.25, -0.2) is 0 Å². The lowest BCUT2D eigenvalue weighted by molar-refractivity contribution is 0.434. The predicted octanol–water partition coefficient (Wildman–Crippen LogP) is 12.1. The van der Waals surface area contributed by atoms with Crippen molar-refractivity contribution >= 4 is 32.6 Å². The number of fused-ring (bicyclic) bond motifs is 7. The van der Waals surface area contributed by atoms with Gasteiger partial charge >= 0.3 is 0 Å². The number of para-hydroxylation sites is 2. The Labute approximate surface area is 327 Å². The molecule has 49 heavy (non-hydrogen) atoms. The molecule has 0 aliphatic carbocycles. The maximum absolute atomic E-state index is 10.5. The highest BCUT2D eigenvalue weighted by Gasteiger charge is 2.45. The van der Waals surface area contributed by atoms with Crippen LogP contribution in [-0.2, 0) is 5.41 Å². The van der Waals surface area contributed by atoms with E-state index >= 15 is 0 Å². The molecule has 1 aromatic heterocycles. The van der Waals surface area contributed by atoms with Crippen LogP contribution in [0.25, 0.3) is 49.4 Å². The topological polar surface area (TPSA) is 14.2 Å². The van der Waals surface area contributed by atoms with E-state index in [4.69, 9.17) is 28.0 Å². The molecule has 1 atom stereocenters. The zero-order valence-corrected chi connectivity index (χ0v) is 24.4. The van der Waals surface area contributed by atoms with E-state index in [1.807, 2.05) is 0 Å². The highest BCUT2D eigenvalue weighted by atomic mass is 16.5. The summed E-state index contributed by atoms with van der Waals surface area (Å²) >= 11 is 0.